The van der Waals surface area contributed by atoms with Crippen LogP contribution >= 0.6 is 0 Å². The molecule has 1 amide bonds. The number of aryl methyl sites for hydroxylation is 1. The summed E-state index contributed by atoms with van der Waals surface area (Å²) in [4.78, 5) is 14.7. The van der Waals surface area contributed by atoms with Crippen molar-refractivity contribution in [1.82, 2.24) is 19.7 Å². The van der Waals surface area contributed by atoms with Gasteiger partial charge in [0, 0.05) is 30.6 Å². The van der Waals surface area contributed by atoms with E-state index < -0.39 is 0 Å². The zero-order valence-corrected chi connectivity index (χ0v) is 13.5. The minimum absolute atomic E-state index is 0.160. The lowest BCUT2D eigenvalue weighted by Crippen LogP contribution is -2.39. The van der Waals surface area contributed by atoms with E-state index in [0.29, 0.717) is 12.0 Å². The maximum atomic E-state index is 12.7. The Morgan fingerprint density at radius 1 is 1.13 bits per heavy atom. The van der Waals surface area contributed by atoms with Gasteiger partial charge in [-0.05, 0) is 44.2 Å². The predicted octanol–water partition coefficient (Wildman–Crippen LogP) is 2.94. The molecule has 2 fully saturated rings. The van der Waals surface area contributed by atoms with Crippen LogP contribution in [0.25, 0.3) is 0 Å². The first-order valence-corrected chi connectivity index (χ1v) is 8.48. The van der Waals surface area contributed by atoms with E-state index in [1.807, 2.05) is 42.4 Å². The molecule has 1 aromatic heterocycles. The van der Waals surface area contributed by atoms with Crippen LogP contribution in [0.15, 0.2) is 30.6 Å². The normalized spacial score (nSPS) is 19.1. The quantitative estimate of drug-likeness (QED) is 0.876. The minimum Gasteiger partial charge on any atom is -0.338 e. The fraction of sp³-hybridized carbons (Fsp3) is 0.500. The van der Waals surface area contributed by atoms with Crippen molar-refractivity contribution in [2.24, 2.45) is 0 Å². The fourth-order valence-corrected chi connectivity index (χ4v) is 3.50. The largest absolute Gasteiger partial charge is 0.338 e. The van der Waals surface area contributed by atoms with Crippen LogP contribution in [0.5, 0.6) is 0 Å². The summed E-state index contributed by atoms with van der Waals surface area (Å²) in [6.07, 6.45) is 6.31. The third-order valence-electron chi connectivity index (χ3n) is 5.06. The maximum absolute atomic E-state index is 12.7. The summed E-state index contributed by atoms with van der Waals surface area (Å²) >= 11 is 0. The van der Waals surface area contributed by atoms with E-state index in [1.165, 1.54) is 12.8 Å². The number of benzene rings is 1. The van der Waals surface area contributed by atoms with E-state index in [-0.39, 0.29) is 5.91 Å². The molecular formula is C18H22N4O. The Bertz CT molecular complexity index is 711. The molecule has 23 heavy (non-hydrogen) atoms. The molecule has 0 N–H and O–H groups in total. The molecule has 2 aliphatic rings. The molecule has 0 bridgehead atoms. The predicted molar refractivity (Wildman–Crippen MR) is 87.4 cm³/mol. The molecule has 0 radical (unpaired) electrons. The van der Waals surface area contributed by atoms with E-state index in [2.05, 4.69) is 14.8 Å². The number of piperidine rings is 1. The second kappa shape index (κ2) is 5.80. The number of aromatic nitrogens is 3. The average molecular weight is 310 g/mol. The van der Waals surface area contributed by atoms with Crippen LogP contribution in [0.1, 0.15) is 59.4 Å². The Morgan fingerprint density at radius 3 is 2.57 bits per heavy atom. The van der Waals surface area contributed by atoms with Gasteiger partial charge in [0.25, 0.3) is 5.91 Å². The van der Waals surface area contributed by atoms with Crippen molar-refractivity contribution in [3.05, 3.63) is 47.5 Å². The highest BCUT2D eigenvalue weighted by molar-refractivity contribution is 5.95. The third-order valence-corrected chi connectivity index (χ3v) is 5.06. The molecular weight excluding hydrogens is 288 g/mol. The zero-order valence-electron chi connectivity index (χ0n) is 13.5. The molecule has 4 rings (SSSR count). The summed E-state index contributed by atoms with van der Waals surface area (Å²) in [7, 11) is 0. The van der Waals surface area contributed by atoms with Crippen molar-refractivity contribution >= 4 is 5.91 Å². The van der Waals surface area contributed by atoms with Gasteiger partial charge in [0.05, 0.1) is 0 Å². The first kappa shape index (κ1) is 14.4. The lowest BCUT2D eigenvalue weighted by molar-refractivity contribution is 0.0693. The number of carbonyl (C=O) groups is 1. The summed E-state index contributed by atoms with van der Waals surface area (Å²) in [5.41, 5.74) is 1.88. The number of carbonyl (C=O) groups excluding carboxylic acids is 1. The van der Waals surface area contributed by atoms with Gasteiger partial charge in [-0.25, -0.2) is 0 Å². The number of likely N-dealkylation sites (tertiary alicyclic amines) is 1. The van der Waals surface area contributed by atoms with Crippen LogP contribution in [0.3, 0.4) is 0 Å². The summed E-state index contributed by atoms with van der Waals surface area (Å²) in [5.74, 6) is 1.92. The molecule has 1 aliphatic carbocycles. The molecule has 1 aromatic carbocycles. The Labute approximate surface area is 136 Å². The minimum atomic E-state index is 0.160. The van der Waals surface area contributed by atoms with Gasteiger partial charge < -0.3 is 9.47 Å². The molecule has 5 heteroatoms. The number of hydrogen-bond donors (Lipinski definition) is 0. The first-order valence-electron chi connectivity index (χ1n) is 8.48. The van der Waals surface area contributed by atoms with E-state index in [0.717, 1.165) is 42.9 Å². The van der Waals surface area contributed by atoms with E-state index in [4.69, 9.17) is 0 Å². The molecule has 1 saturated heterocycles. The second-order valence-electron chi connectivity index (χ2n) is 6.71. The van der Waals surface area contributed by atoms with E-state index in [1.54, 1.807) is 0 Å². The molecule has 120 valence electrons. The number of hydrogen-bond acceptors (Lipinski definition) is 3. The lowest BCUT2D eigenvalue weighted by Gasteiger charge is -2.33. The molecule has 0 atom stereocenters. The van der Waals surface area contributed by atoms with Gasteiger partial charge in [-0.1, -0.05) is 18.2 Å². The Balaban J connectivity index is 1.44. The molecule has 1 aliphatic heterocycles. The summed E-state index contributed by atoms with van der Waals surface area (Å²) in [5, 5.41) is 8.40. The van der Waals surface area contributed by atoms with E-state index in [9.17, 15) is 4.79 Å². The number of amides is 1. The van der Waals surface area contributed by atoms with Crippen LogP contribution in [-0.4, -0.2) is 38.7 Å². The summed E-state index contributed by atoms with van der Waals surface area (Å²) in [6, 6.07) is 8.27. The summed E-state index contributed by atoms with van der Waals surface area (Å²) in [6.45, 7) is 3.61. The van der Waals surface area contributed by atoms with Crippen LogP contribution in [0, 0.1) is 6.92 Å². The monoisotopic (exact) mass is 310 g/mol. The Hall–Kier alpha value is -2.17. The molecule has 1 saturated carbocycles. The highest BCUT2D eigenvalue weighted by atomic mass is 16.2. The van der Waals surface area contributed by atoms with Gasteiger partial charge in [0.1, 0.15) is 12.2 Å². The average Bonchev–Trinajstić information content (AvgIpc) is 3.32. The topological polar surface area (TPSA) is 51.0 Å². The van der Waals surface area contributed by atoms with Crippen molar-refractivity contribution in [1.29, 1.82) is 0 Å². The van der Waals surface area contributed by atoms with Gasteiger partial charge >= 0.3 is 0 Å². The number of rotatable bonds is 3. The smallest absolute Gasteiger partial charge is 0.254 e. The van der Waals surface area contributed by atoms with Gasteiger partial charge in [0.15, 0.2) is 0 Å². The van der Waals surface area contributed by atoms with Crippen LogP contribution in [-0.2, 0) is 0 Å². The molecule has 0 unspecified atom stereocenters. The van der Waals surface area contributed by atoms with Crippen molar-refractivity contribution in [3.63, 3.8) is 0 Å². The standard InChI is InChI=1S/C18H22N4O/c1-13-4-2-3-5-16(13)18(23)21-10-8-15(9-11-21)22-12-19-20-17(22)14-6-7-14/h2-5,12,14-15H,6-11H2,1H3. The SMILES string of the molecule is Cc1ccccc1C(=O)N1CCC(n2cnnc2C2CC2)CC1. The van der Waals surface area contributed by atoms with Crippen LogP contribution in [0.4, 0.5) is 0 Å². The van der Waals surface area contributed by atoms with Crippen molar-refractivity contribution in [2.45, 2.75) is 44.6 Å². The van der Waals surface area contributed by atoms with Crippen LogP contribution < -0.4 is 0 Å². The second-order valence-corrected chi connectivity index (χ2v) is 6.71. The maximum Gasteiger partial charge on any atom is 0.254 e. The number of nitrogens with zero attached hydrogens (tertiary/aromatic N) is 4. The highest BCUT2D eigenvalue weighted by Gasteiger charge is 2.32. The Kier molecular flexibility index (Phi) is 3.63. The Morgan fingerprint density at radius 2 is 1.87 bits per heavy atom. The molecule has 2 heterocycles. The van der Waals surface area contributed by atoms with Crippen molar-refractivity contribution < 1.29 is 4.79 Å². The van der Waals surface area contributed by atoms with Crippen LogP contribution in [0.2, 0.25) is 0 Å². The zero-order chi connectivity index (χ0) is 15.8. The van der Waals surface area contributed by atoms with Crippen molar-refractivity contribution in [2.75, 3.05) is 13.1 Å². The first-order chi connectivity index (χ1) is 11.2. The highest BCUT2D eigenvalue weighted by Crippen LogP contribution is 2.40. The molecule has 2 aromatic rings. The van der Waals surface area contributed by atoms with Gasteiger partial charge in [-0.3, -0.25) is 4.79 Å². The van der Waals surface area contributed by atoms with E-state index >= 15 is 0 Å². The third kappa shape index (κ3) is 2.76. The van der Waals surface area contributed by atoms with Crippen molar-refractivity contribution in [3.8, 4) is 0 Å². The van der Waals surface area contributed by atoms with Gasteiger partial charge in [-0.15, -0.1) is 10.2 Å². The fourth-order valence-electron chi connectivity index (χ4n) is 3.50. The lowest BCUT2D eigenvalue weighted by atomic mass is 10.0. The van der Waals surface area contributed by atoms with Gasteiger partial charge in [0.2, 0.25) is 0 Å². The summed E-state index contributed by atoms with van der Waals surface area (Å²) < 4.78 is 2.26. The van der Waals surface area contributed by atoms with Gasteiger partial charge in [-0.2, -0.15) is 0 Å². The molecule has 5 nitrogen and oxygen atoms in total. The molecule has 0 spiro atoms.